The zero-order valence-corrected chi connectivity index (χ0v) is 16.7. The first-order valence-corrected chi connectivity index (χ1v) is 10.2. The number of halogens is 1. The molecule has 0 aliphatic heterocycles. The molecule has 3 rings (SSSR count). The topological polar surface area (TPSA) is 85.8 Å². The number of hydrogen-bond donors (Lipinski definition) is 2. The van der Waals surface area contributed by atoms with Gasteiger partial charge in [-0.05, 0) is 37.3 Å². The summed E-state index contributed by atoms with van der Waals surface area (Å²) in [6.07, 6.45) is 3.37. The van der Waals surface area contributed by atoms with E-state index >= 15 is 0 Å². The molecule has 8 heteroatoms. The highest BCUT2D eigenvalue weighted by Crippen LogP contribution is 2.30. The van der Waals surface area contributed by atoms with E-state index < -0.39 is 5.82 Å². The van der Waals surface area contributed by atoms with E-state index in [9.17, 15) is 9.18 Å². The van der Waals surface area contributed by atoms with Gasteiger partial charge in [0, 0.05) is 6.04 Å². The van der Waals surface area contributed by atoms with Crippen molar-refractivity contribution in [1.29, 1.82) is 0 Å². The number of aromatic nitrogens is 3. The van der Waals surface area contributed by atoms with Crippen LogP contribution in [0.25, 0.3) is 11.4 Å². The van der Waals surface area contributed by atoms with Crippen molar-refractivity contribution in [2.75, 3.05) is 5.84 Å². The Balaban J connectivity index is 1.67. The number of benzene rings is 1. The van der Waals surface area contributed by atoms with E-state index in [1.807, 2.05) is 6.92 Å². The van der Waals surface area contributed by atoms with Crippen molar-refractivity contribution >= 4 is 17.7 Å². The molecule has 146 valence electrons. The zero-order valence-electron chi connectivity index (χ0n) is 15.9. The number of rotatable bonds is 5. The van der Waals surface area contributed by atoms with Crippen LogP contribution in [-0.4, -0.2) is 32.1 Å². The van der Waals surface area contributed by atoms with Crippen molar-refractivity contribution in [2.45, 2.75) is 56.5 Å². The minimum absolute atomic E-state index is 0.0404. The molecule has 0 unspecified atom stereocenters. The van der Waals surface area contributed by atoms with Crippen molar-refractivity contribution in [3.8, 4) is 11.4 Å². The lowest BCUT2D eigenvalue weighted by molar-refractivity contribution is -0.121. The van der Waals surface area contributed by atoms with Crippen LogP contribution in [0.3, 0.4) is 0 Å². The first-order chi connectivity index (χ1) is 12.9. The van der Waals surface area contributed by atoms with Gasteiger partial charge in [-0.1, -0.05) is 50.6 Å². The van der Waals surface area contributed by atoms with Gasteiger partial charge in [0.05, 0.1) is 10.8 Å². The van der Waals surface area contributed by atoms with E-state index in [-0.39, 0.29) is 28.6 Å². The number of carbonyl (C=O) groups excluding carboxylic acids is 1. The minimum Gasteiger partial charge on any atom is -0.352 e. The molecule has 0 spiro atoms. The quantitative estimate of drug-likeness (QED) is 0.604. The van der Waals surface area contributed by atoms with E-state index in [4.69, 9.17) is 5.84 Å². The number of hydrogen-bond acceptors (Lipinski definition) is 5. The molecule has 0 saturated heterocycles. The molecule has 1 saturated carbocycles. The summed E-state index contributed by atoms with van der Waals surface area (Å²) < 4.78 is 15.2. The predicted molar refractivity (Wildman–Crippen MR) is 105 cm³/mol. The Labute approximate surface area is 163 Å². The van der Waals surface area contributed by atoms with Crippen LogP contribution in [0.5, 0.6) is 0 Å². The van der Waals surface area contributed by atoms with Gasteiger partial charge in [-0.3, -0.25) is 4.79 Å². The minimum atomic E-state index is -0.417. The normalized spacial score (nSPS) is 23.8. The number of nitrogens with two attached hydrogens (primary N) is 1. The highest BCUT2D eigenvalue weighted by Gasteiger charge is 2.30. The lowest BCUT2D eigenvalue weighted by atomic mass is 9.78. The molecule has 0 radical (unpaired) electrons. The second-order valence-corrected chi connectivity index (χ2v) is 8.61. The molecule has 1 aromatic carbocycles. The Morgan fingerprint density at radius 1 is 1.33 bits per heavy atom. The van der Waals surface area contributed by atoms with Crippen LogP contribution < -0.4 is 11.2 Å². The summed E-state index contributed by atoms with van der Waals surface area (Å²) in [6.45, 7) is 6.25. The molecule has 1 aliphatic carbocycles. The van der Waals surface area contributed by atoms with Crippen LogP contribution in [0.1, 0.15) is 40.0 Å². The standard InChI is InChI=1S/C19H26FN5OS/c1-11-7-6-10-16(12(11)2)22-18(26)13(3)27-19-24-23-17(25(19)21)14-8-4-5-9-15(14)20/h4-5,8-9,11-13,16H,6-7,10,21H2,1-3H3,(H,22,26)/t11-,12-,13-,16-/m1/s1. The van der Waals surface area contributed by atoms with Crippen LogP contribution >= 0.6 is 11.8 Å². The molecule has 1 heterocycles. The Kier molecular flexibility index (Phi) is 6.04. The van der Waals surface area contributed by atoms with Crippen LogP contribution in [-0.2, 0) is 4.79 Å². The first-order valence-electron chi connectivity index (χ1n) is 9.31. The fraction of sp³-hybridized carbons (Fsp3) is 0.526. The number of nitrogens with one attached hydrogen (secondary N) is 1. The molecule has 1 amide bonds. The lowest BCUT2D eigenvalue weighted by Crippen LogP contribution is -2.46. The zero-order chi connectivity index (χ0) is 19.6. The number of carbonyl (C=O) groups is 1. The summed E-state index contributed by atoms with van der Waals surface area (Å²) >= 11 is 1.22. The van der Waals surface area contributed by atoms with E-state index in [0.717, 1.165) is 12.8 Å². The van der Waals surface area contributed by atoms with Gasteiger partial charge in [-0.25, -0.2) is 9.07 Å². The van der Waals surface area contributed by atoms with Crippen molar-refractivity contribution in [2.24, 2.45) is 11.8 Å². The third kappa shape index (κ3) is 4.26. The van der Waals surface area contributed by atoms with E-state index in [1.165, 1.54) is 28.9 Å². The van der Waals surface area contributed by atoms with Gasteiger partial charge in [0.25, 0.3) is 0 Å². The fourth-order valence-electron chi connectivity index (χ4n) is 3.48. The smallest absolute Gasteiger partial charge is 0.233 e. The third-order valence-electron chi connectivity index (χ3n) is 5.47. The fourth-order valence-corrected chi connectivity index (χ4v) is 4.26. The molecule has 1 aromatic heterocycles. The van der Waals surface area contributed by atoms with E-state index in [2.05, 4.69) is 29.4 Å². The highest BCUT2D eigenvalue weighted by molar-refractivity contribution is 8.00. The number of thioether (sulfide) groups is 1. The number of amides is 1. The SMILES string of the molecule is C[C@@H]1[C@H](C)CCC[C@H]1NC(=O)[C@@H](C)Sc1nnc(-c2ccccc2F)n1N. The van der Waals surface area contributed by atoms with Gasteiger partial charge in [-0.15, -0.1) is 10.2 Å². The second-order valence-electron chi connectivity index (χ2n) is 7.30. The van der Waals surface area contributed by atoms with Crippen LogP contribution in [0.4, 0.5) is 4.39 Å². The number of nitrogen functional groups attached to an aromatic ring is 1. The van der Waals surface area contributed by atoms with Crippen LogP contribution in [0.2, 0.25) is 0 Å². The van der Waals surface area contributed by atoms with Gasteiger partial charge >= 0.3 is 0 Å². The van der Waals surface area contributed by atoms with Crippen molar-refractivity contribution in [3.63, 3.8) is 0 Å². The summed E-state index contributed by atoms with van der Waals surface area (Å²) in [6, 6.07) is 6.46. The summed E-state index contributed by atoms with van der Waals surface area (Å²) in [5.74, 6) is 6.90. The summed E-state index contributed by atoms with van der Waals surface area (Å²) in [7, 11) is 0. The largest absolute Gasteiger partial charge is 0.352 e. The van der Waals surface area contributed by atoms with Crippen LogP contribution in [0.15, 0.2) is 29.4 Å². The molecule has 2 aromatic rings. The predicted octanol–water partition coefficient (Wildman–Crippen LogP) is 3.22. The van der Waals surface area contributed by atoms with E-state index in [0.29, 0.717) is 17.0 Å². The average molecular weight is 392 g/mol. The Hall–Kier alpha value is -2.09. The average Bonchev–Trinajstić information content (AvgIpc) is 3.00. The maximum atomic E-state index is 14.0. The Bertz CT molecular complexity index is 811. The molecule has 3 N–H and O–H groups in total. The van der Waals surface area contributed by atoms with Gasteiger partial charge in [0.2, 0.25) is 11.1 Å². The van der Waals surface area contributed by atoms with Gasteiger partial charge in [0.1, 0.15) is 5.82 Å². The van der Waals surface area contributed by atoms with Gasteiger partial charge in [0.15, 0.2) is 5.82 Å². The number of nitrogens with zero attached hydrogens (tertiary/aromatic N) is 3. The van der Waals surface area contributed by atoms with E-state index in [1.54, 1.807) is 18.2 Å². The molecule has 1 aliphatic rings. The van der Waals surface area contributed by atoms with Gasteiger partial charge < -0.3 is 11.2 Å². The molecule has 1 fully saturated rings. The Morgan fingerprint density at radius 3 is 2.81 bits per heavy atom. The molecule has 4 atom stereocenters. The Morgan fingerprint density at radius 2 is 2.07 bits per heavy atom. The third-order valence-corrected chi connectivity index (χ3v) is 6.52. The molecule has 0 bridgehead atoms. The molecular weight excluding hydrogens is 365 g/mol. The summed E-state index contributed by atoms with van der Waals surface area (Å²) in [5.41, 5.74) is 0.279. The monoisotopic (exact) mass is 391 g/mol. The molecule has 6 nitrogen and oxygen atoms in total. The summed E-state index contributed by atoms with van der Waals surface area (Å²) in [4.78, 5) is 12.6. The van der Waals surface area contributed by atoms with Crippen molar-refractivity contribution in [3.05, 3.63) is 30.1 Å². The maximum absolute atomic E-state index is 14.0. The molecular formula is C19H26FN5OS. The highest BCUT2D eigenvalue weighted by atomic mass is 32.2. The molecule has 27 heavy (non-hydrogen) atoms. The lowest BCUT2D eigenvalue weighted by Gasteiger charge is -2.35. The first kappa shape index (κ1) is 19.7. The van der Waals surface area contributed by atoms with Crippen molar-refractivity contribution in [1.82, 2.24) is 20.2 Å². The van der Waals surface area contributed by atoms with Gasteiger partial charge in [-0.2, -0.15) is 0 Å². The second kappa shape index (κ2) is 8.29. The maximum Gasteiger partial charge on any atom is 0.233 e. The summed E-state index contributed by atoms with van der Waals surface area (Å²) in [5, 5.41) is 11.2. The van der Waals surface area contributed by atoms with Crippen LogP contribution in [0, 0.1) is 17.7 Å². The van der Waals surface area contributed by atoms with Crippen molar-refractivity contribution < 1.29 is 9.18 Å².